The van der Waals surface area contributed by atoms with E-state index in [1.165, 1.54) is 18.7 Å². The number of ether oxygens (including phenoxy) is 1. The van der Waals surface area contributed by atoms with E-state index in [9.17, 15) is 19.2 Å². The fraction of sp³-hybridized carbons (Fsp3) is 0.524. The average Bonchev–Trinajstić information content (AvgIpc) is 3.30. The normalized spacial score (nSPS) is 18.5. The molecule has 0 spiro atoms. The Morgan fingerprint density at radius 2 is 1.76 bits per heavy atom. The molecule has 7 nitrogen and oxygen atoms in total. The molecule has 1 aliphatic carbocycles. The summed E-state index contributed by atoms with van der Waals surface area (Å²) >= 11 is 1.50. The van der Waals surface area contributed by atoms with Crippen LogP contribution in [0, 0.1) is 0 Å². The van der Waals surface area contributed by atoms with E-state index in [0.717, 1.165) is 30.6 Å². The molecule has 0 aromatic heterocycles. The van der Waals surface area contributed by atoms with E-state index in [-0.39, 0.29) is 29.5 Å². The quantitative estimate of drug-likeness (QED) is 0.515. The number of imide groups is 1. The lowest BCUT2D eigenvalue weighted by Gasteiger charge is -2.26. The van der Waals surface area contributed by atoms with Crippen LogP contribution in [-0.4, -0.2) is 58.8 Å². The van der Waals surface area contributed by atoms with Gasteiger partial charge < -0.3 is 10.1 Å². The van der Waals surface area contributed by atoms with Crippen LogP contribution in [0.5, 0.6) is 0 Å². The van der Waals surface area contributed by atoms with Crippen LogP contribution in [0.1, 0.15) is 59.7 Å². The van der Waals surface area contributed by atoms with Crippen LogP contribution in [0.4, 0.5) is 0 Å². The first-order valence-electron chi connectivity index (χ1n) is 9.90. The molecule has 1 aliphatic heterocycles. The molecule has 3 rings (SSSR count). The Bertz CT molecular complexity index is 771. The van der Waals surface area contributed by atoms with E-state index >= 15 is 0 Å². The molecule has 1 heterocycles. The number of fused-ring (bicyclic) bond motifs is 1. The minimum atomic E-state index is -1.06. The summed E-state index contributed by atoms with van der Waals surface area (Å²) < 4.78 is 5.38. The second kappa shape index (κ2) is 9.43. The number of hydrogen-bond donors (Lipinski definition) is 1. The smallest absolute Gasteiger partial charge is 0.330 e. The van der Waals surface area contributed by atoms with Crippen molar-refractivity contribution >= 4 is 35.5 Å². The highest BCUT2D eigenvalue weighted by Crippen LogP contribution is 2.27. The van der Waals surface area contributed by atoms with Crippen LogP contribution in [0.3, 0.4) is 0 Å². The molecular weight excluding hydrogens is 392 g/mol. The number of rotatable bonds is 8. The van der Waals surface area contributed by atoms with E-state index in [2.05, 4.69) is 5.32 Å². The van der Waals surface area contributed by atoms with E-state index in [4.69, 9.17) is 4.74 Å². The molecule has 0 saturated heterocycles. The minimum absolute atomic E-state index is 0.118. The van der Waals surface area contributed by atoms with Gasteiger partial charge in [-0.1, -0.05) is 25.0 Å². The molecule has 1 aromatic carbocycles. The number of nitrogens with one attached hydrogen (secondary N) is 1. The van der Waals surface area contributed by atoms with Gasteiger partial charge in [0.25, 0.3) is 17.7 Å². The van der Waals surface area contributed by atoms with Gasteiger partial charge in [0, 0.05) is 6.04 Å². The van der Waals surface area contributed by atoms with Gasteiger partial charge in [-0.25, -0.2) is 4.79 Å². The van der Waals surface area contributed by atoms with Gasteiger partial charge in [-0.15, -0.1) is 0 Å². The molecule has 1 N–H and O–H groups in total. The van der Waals surface area contributed by atoms with Crippen LogP contribution in [-0.2, 0) is 14.3 Å². The maximum absolute atomic E-state index is 12.9. The van der Waals surface area contributed by atoms with Crippen molar-refractivity contribution in [2.24, 2.45) is 0 Å². The Hall–Kier alpha value is -2.35. The average molecular weight is 419 g/mol. The SMILES string of the molecule is CSCC[C@H](C(=O)O[C@@H](C)C(=O)NC1CCCC1)N1C(=O)c2ccccc2C1=O. The van der Waals surface area contributed by atoms with Crippen LogP contribution in [0.15, 0.2) is 24.3 Å². The van der Waals surface area contributed by atoms with E-state index in [1.54, 1.807) is 24.3 Å². The van der Waals surface area contributed by atoms with Crippen molar-refractivity contribution in [3.8, 4) is 0 Å². The molecule has 1 saturated carbocycles. The predicted octanol–water partition coefficient (Wildman–Crippen LogP) is 2.39. The third kappa shape index (κ3) is 4.63. The summed E-state index contributed by atoms with van der Waals surface area (Å²) in [5.74, 6) is -1.53. The fourth-order valence-electron chi connectivity index (χ4n) is 3.77. The number of nitrogens with zero attached hydrogens (tertiary/aromatic N) is 1. The largest absolute Gasteiger partial charge is 0.451 e. The van der Waals surface area contributed by atoms with Gasteiger partial charge in [0.1, 0.15) is 6.04 Å². The van der Waals surface area contributed by atoms with Crippen molar-refractivity contribution in [3.63, 3.8) is 0 Å². The van der Waals surface area contributed by atoms with Gasteiger partial charge in [0.05, 0.1) is 11.1 Å². The summed E-state index contributed by atoms with van der Waals surface area (Å²) in [5, 5.41) is 2.90. The second-order valence-corrected chi connectivity index (χ2v) is 8.38. The van der Waals surface area contributed by atoms with Crippen molar-refractivity contribution < 1.29 is 23.9 Å². The molecule has 1 fully saturated rings. The van der Waals surface area contributed by atoms with Gasteiger partial charge in [-0.2, -0.15) is 11.8 Å². The van der Waals surface area contributed by atoms with Crippen molar-refractivity contribution in [2.45, 2.75) is 57.2 Å². The number of hydrogen-bond acceptors (Lipinski definition) is 6. The van der Waals surface area contributed by atoms with Gasteiger partial charge in [0.15, 0.2) is 6.10 Å². The van der Waals surface area contributed by atoms with Crippen molar-refractivity contribution in [1.29, 1.82) is 0 Å². The number of benzene rings is 1. The first-order valence-corrected chi connectivity index (χ1v) is 11.3. The standard InChI is InChI=1S/C21H26N2O5S/c1-13(18(24)22-14-7-3-4-8-14)28-21(27)17(11-12-29-2)23-19(25)15-9-5-6-10-16(15)20(23)26/h5-6,9-10,13-14,17H,3-4,7-8,11-12H2,1-2H3,(H,22,24)/t13-,17+/m0/s1. The van der Waals surface area contributed by atoms with Crippen molar-refractivity contribution in [2.75, 3.05) is 12.0 Å². The number of esters is 1. The van der Waals surface area contributed by atoms with Gasteiger partial charge in [-0.05, 0) is 50.3 Å². The zero-order valence-electron chi connectivity index (χ0n) is 16.7. The highest BCUT2D eigenvalue weighted by atomic mass is 32.2. The molecule has 0 radical (unpaired) electrons. The molecule has 8 heteroatoms. The summed E-state index contributed by atoms with van der Waals surface area (Å²) in [7, 11) is 0. The number of thioether (sulfide) groups is 1. The van der Waals surface area contributed by atoms with Crippen LogP contribution < -0.4 is 5.32 Å². The van der Waals surface area contributed by atoms with Crippen molar-refractivity contribution in [3.05, 3.63) is 35.4 Å². The Labute approximate surface area is 174 Å². The van der Waals surface area contributed by atoms with Gasteiger partial charge in [-0.3, -0.25) is 19.3 Å². The number of carbonyl (C=O) groups excluding carboxylic acids is 4. The lowest BCUT2D eigenvalue weighted by atomic mass is 10.1. The van der Waals surface area contributed by atoms with E-state index < -0.39 is 29.9 Å². The molecule has 0 bridgehead atoms. The minimum Gasteiger partial charge on any atom is -0.451 e. The summed E-state index contributed by atoms with van der Waals surface area (Å²) in [5.41, 5.74) is 0.568. The van der Waals surface area contributed by atoms with Crippen molar-refractivity contribution in [1.82, 2.24) is 10.2 Å². The van der Waals surface area contributed by atoms with Crippen LogP contribution in [0.2, 0.25) is 0 Å². The third-order valence-corrected chi connectivity index (χ3v) is 6.01. The molecule has 156 valence electrons. The third-order valence-electron chi connectivity index (χ3n) is 5.37. The number of carbonyl (C=O) groups is 4. The maximum Gasteiger partial charge on any atom is 0.330 e. The summed E-state index contributed by atoms with van der Waals surface area (Å²) in [4.78, 5) is 51.8. The summed E-state index contributed by atoms with van der Waals surface area (Å²) in [6.07, 6.45) is 5.17. The summed E-state index contributed by atoms with van der Waals surface area (Å²) in [6.45, 7) is 1.51. The zero-order chi connectivity index (χ0) is 21.0. The lowest BCUT2D eigenvalue weighted by Crippen LogP contribution is -2.48. The van der Waals surface area contributed by atoms with E-state index in [0.29, 0.717) is 5.75 Å². The Morgan fingerprint density at radius 1 is 1.17 bits per heavy atom. The Morgan fingerprint density at radius 3 is 2.31 bits per heavy atom. The monoisotopic (exact) mass is 418 g/mol. The molecule has 2 aliphatic rings. The highest BCUT2D eigenvalue weighted by molar-refractivity contribution is 7.98. The molecular formula is C21H26N2O5S. The maximum atomic E-state index is 12.9. The Balaban J connectivity index is 1.71. The number of amides is 3. The highest BCUT2D eigenvalue weighted by Gasteiger charge is 2.43. The van der Waals surface area contributed by atoms with Crippen LogP contribution in [0.25, 0.3) is 0 Å². The molecule has 1 aromatic rings. The van der Waals surface area contributed by atoms with Gasteiger partial charge >= 0.3 is 5.97 Å². The molecule has 2 atom stereocenters. The fourth-order valence-corrected chi connectivity index (χ4v) is 4.23. The van der Waals surface area contributed by atoms with Gasteiger partial charge in [0.2, 0.25) is 0 Å². The Kier molecular flexibility index (Phi) is 6.95. The summed E-state index contributed by atoms with van der Waals surface area (Å²) in [6, 6.07) is 5.56. The zero-order valence-corrected chi connectivity index (χ0v) is 17.5. The molecule has 3 amide bonds. The molecule has 0 unspecified atom stereocenters. The van der Waals surface area contributed by atoms with E-state index in [1.807, 2.05) is 6.26 Å². The second-order valence-electron chi connectivity index (χ2n) is 7.39. The first kappa shape index (κ1) is 21.4. The first-order chi connectivity index (χ1) is 13.9. The predicted molar refractivity (Wildman–Crippen MR) is 110 cm³/mol. The molecule has 29 heavy (non-hydrogen) atoms. The topological polar surface area (TPSA) is 92.8 Å². The van der Waals surface area contributed by atoms with Crippen LogP contribution >= 0.6 is 11.8 Å². The lowest BCUT2D eigenvalue weighted by molar-refractivity contribution is -0.158.